The molecule has 0 spiro atoms. The minimum Gasteiger partial charge on any atom is -0.497 e. The molecule has 0 bridgehead atoms. The van der Waals surface area contributed by atoms with Crippen molar-refractivity contribution in [1.82, 2.24) is 5.10 Å². The van der Waals surface area contributed by atoms with E-state index in [9.17, 15) is 17.3 Å². The van der Waals surface area contributed by atoms with E-state index in [2.05, 4.69) is 10.4 Å². The summed E-state index contributed by atoms with van der Waals surface area (Å²) in [5.41, 5.74) is 5.46. The highest BCUT2D eigenvalue weighted by Crippen LogP contribution is 2.39. The summed E-state index contributed by atoms with van der Waals surface area (Å²) in [5, 5.41) is 17.6. The zero-order valence-corrected chi connectivity index (χ0v) is 22.7. The van der Waals surface area contributed by atoms with Crippen molar-refractivity contribution in [2.75, 3.05) is 19.5 Å². The average molecular weight is 577 g/mol. The molecule has 12 heteroatoms. The van der Waals surface area contributed by atoms with E-state index >= 15 is 0 Å². The Labute approximate surface area is 240 Å². The first kappa shape index (κ1) is 29.7. The van der Waals surface area contributed by atoms with Gasteiger partial charge < -0.3 is 32.1 Å². The normalized spacial score (nSPS) is 11.0. The fourth-order valence-electron chi connectivity index (χ4n) is 3.92. The van der Waals surface area contributed by atoms with Gasteiger partial charge in [-0.1, -0.05) is 54.6 Å². The van der Waals surface area contributed by atoms with Crippen LogP contribution in [0.3, 0.4) is 0 Å². The van der Waals surface area contributed by atoms with Crippen LogP contribution >= 0.6 is 0 Å². The van der Waals surface area contributed by atoms with Crippen molar-refractivity contribution in [2.45, 2.75) is 0 Å². The molecule has 1 heterocycles. The number of hydrogen-bond acceptors (Lipinski definition) is 6. The van der Waals surface area contributed by atoms with Gasteiger partial charge in [-0.05, 0) is 41.1 Å². The smallest absolute Gasteiger partial charge is 0.497 e. The van der Waals surface area contributed by atoms with Gasteiger partial charge in [-0.15, -0.1) is 5.11 Å². The van der Waals surface area contributed by atoms with Crippen molar-refractivity contribution in [3.05, 3.63) is 115 Å². The van der Waals surface area contributed by atoms with E-state index in [0.29, 0.717) is 22.9 Å². The van der Waals surface area contributed by atoms with Crippen LogP contribution in [0.5, 0.6) is 11.5 Å². The van der Waals surface area contributed by atoms with Crippen LogP contribution in [-0.2, 0) is 0 Å². The van der Waals surface area contributed by atoms with Gasteiger partial charge in [0.15, 0.2) is 5.69 Å². The van der Waals surface area contributed by atoms with Crippen LogP contribution in [-0.4, -0.2) is 26.6 Å². The van der Waals surface area contributed by atoms with Crippen molar-refractivity contribution >= 4 is 30.0 Å². The van der Waals surface area contributed by atoms with Gasteiger partial charge in [0.2, 0.25) is 5.69 Å². The molecule has 4 aromatic carbocycles. The number of para-hydroxylation sites is 1. The van der Waals surface area contributed by atoms with Crippen LogP contribution in [0.2, 0.25) is 0 Å². The molecule has 7 nitrogen and oxygen atoms in total. The summed E-state index contributed by atoms with van der Waals surface area (Å²) in [6.07, 6.45) is 1.75. The minimum atomic E-state index is -6.00. The Bertz CT molecular complexity index is 1620. The number of halogens is 4. The Hall–Kier alpha value is -5.26. The summed E-state index contributed by atoms with van der Waals surface area (Å²) in [4.78, 5) is 0. The average Bonchev–Trinajstić information content (AvgIpc) is 3.01. The molecule has 214 valence electrons. The summed E-state index contributed by atoms with van der Waals surface area (Å²) < 4.78 is 51.9. The molecule has 0 atom stereocenters. The van der Waals surface area contributed by atoms with E-state index in [1.165, 1.54) is 0 Å². The third kappa shape index (κ3) is 8.13. The van der Waals surface area contributed by atoms with Crippen LogP contribution in [0.25, 0.3) is 16.9 Å². The third-order valence-corrected chi connectivity index (χ3v) is 5.74. The predicted octanol–water partition coefficient (Wildman–Crippen LogP) is 8.50. The Kier molecular flexibility index (Phi) is 9.83. The molecule has 0 aliphatic heterocycles. The molecule has 5 aromatic rings. The maximum Gasteiger partial charge on any atom is 0.673 e. The lowest BCUT2D eigenvalue weighted by atomic mass is 10.1. The van der Waals surface area contributed by atoms with E-state index in [1.807, 2.05) is 114 Å². The van der Waals surface area contributed by atoms with Crippen molar-refractivity contribution in [3.8, 4) is 28.4 Å². The fraction of sp³-hybridized carbons (Fsp3) is 0.0667. The SMILES string of the molecule is COc1ccc(Nc2cn[n+](-c3ccccc3)c(-c3ccccc3)c2[15N]=[15N]c2ccccc2)c(OC)c1.F[B-](F)(F)F. The van der Waals surface area contributed by atoms with Gasteiger partial charge in [-0.3, -0.25) is 0 Å². The van der Waals surface area contributed by atoms with Gasteiger partial charge in [-0.25, -0.2) is 0 Å². The molecule has 1 N–H and O–H groups in total. The molecule has 0 aliphatic rings. The number of nitrogens with one attached hydrogen (secondary N) is 1. The molecule has 0 unspecified atom stereocenters. The van der Waals surface area contributed by atoms with E-state index in [4.69, 9.17) is 19.7 Å². The van der Waals surface area contributed by atoms with Gasteiger partial charge in [0, 0.05) is 23.3 Å². The van der Waals surface area contributed by atoms with E-state index < -0.39 is 7.25 Å². The molecule has 0 saturated carbocycles. The summed E-state index contributed by atoms with van der Waals surface area (Å²) in [6.45, 7) is 0. The highest BCUT2D eigenvalue weighted by atomic mass is 19.5. The number of azo groups is 1. The van der Waals surface area contributed by atoms with Gasteiger partial charge in [-0.2, -0.15) is 5.11 Å². The predicted molar refractivity (Wildman–Crippen MR) is 155 cm³/mol. The lowest BCUT2D eigenvalue weighted by Crippen LogP contribution is -2.37. The molecule has 5 rings (SSSR count). The van der Waals surface area contributed by atoms with Crippen LogP contribution in [0.4, 0.5) is 40.0 Å². The molecular weight excluding hydrogens is 551 g/mol. The third-order valence-electron chi connectivity index (χ3n) is 5.74. The summed E-state index contributed by atoms with van der Waals surface area (Å²) >= 11 is 0. The summed E-state index contributed by atoms with van der Waals surface area (Å²) in [7, 11) is -2.75. The number of aromatic nitrogens is 2. The number of rotatable bonds is 8. The van der Waals surface area contributed by atoms with E-state index in [-0.39, 0.29) is 0 Å². The standard InChI is InChI=1S/C30H25N5O2.BF4/c1-36-25-18-19-26(28(20-25)37-2)32-27-21-31-35(24-16-10-5-11-17-24)30(22-12-6-3-7-13-22)29(27)34-33-23-14-8-4-9-15-23;2-1(3,4)5/h3-21H,1-2H3;/q;-1/p+1/i33+1,34+1;. The van der Waals surface area contributed by atoms with Crippen molar-refractivity contribution < 1.29 is 31.4 Å². The van der Waals surface area contributed by atoms with Crippen molar-refractivity contribution in [2.24, 2.45) is 10.2 Å². The Morgan fingerprint density at radius 3 is 1.90 bits per heavy atom. The first-order chi connectivity index (χ1) is 20.3. The number of anilines is 2. The largest absolute Gasteiger partial charge is 0.673 e. The highest BCUT2D eigenvalue weighted by Gasteiger charge is 2.27. The van der Waals surface area contributed by atoms with Gasteiger partial charge >= 0.3 is 7.25 Å². The van der Waals surface area contributed by atoms with Gasteiger partial charge in [0.05, 0.1) is 36.8 Å². The molecule has 0 fully saturated rings. The molecule has 0 aliphatic carbocycles. The second-order valence-electron chi connectivity index (χ2n) is 8.59. The van der Waals surface area contributed by atoms with Crippen LogP contribution in [0, 0.1) is 0 Å². The fourth-order valence-corrected chi connectivity index (χ4v) is 3.92. The number of methoxy groups -OCH3 is 2. The maximum atomic E-state index is 9.75. The zero-order valence-electron chi connectivity index (χ0n) is 22.7. The van der Waals surface area contributed by atoms with Crippen LogP contribution in [0.15, 0.2) is 126 Å². The molecular formula is C30H26BF4N5O2. The van der Waals surface area contributed by atoms with Gasteiger partial charge in [0.25, 0.3) is 5.69 Å². The molecule has 1 aromatic heterocycles. The van der Waals surface area contributed by atoms with Crippen molar-refractivity contribution in [1.29, 1.82) is 0 Å². The highest BCUT2D eigenvalue weighted by molar-refractivity contribution is 6.50. The summed E-state index contributed by atoms with van der Waals surface area (Å²) in [5.74, 6) is 1.33. The monoisotopic (exact) mass is 577 g/mol. The Morgan fingerprint density at radius 1 is 0.714 bits per heavy atom. The minimum absolute atomic E-state index is 0.631. The number of hydrogen-bond donors (Lipinski definition) is 1. The number of nitrogens with zero attached hydrogens (tertiary/aromatic N) is 4. The van der Waals surface area contributed by atoms with Crippen LogP contribution in [0.1, 0.15) is 0 Å². The van der Waals surface area contributed by atoms with Crippen LogP contribution < -0.4 is 19.5 Å². The zero-order chi connectivity index (χ0) is 30.0. The lowest BCUT2D eigenvalue weighted by Gasteiger charge is -2.14. The Balaban J connectivity index is 0.000000748. The second-order valence-corrected chi connectivity index (χ2v) is 8.59. The molecule has 0 amide bonds. The lowest BCUT2D eigenvalue weighted by molar-refractivity contribution is -0.648. The molecule has 0 radical (unpaired) electrons. The van der Waals surface area contributed by atoms with Crippen molar-refractivity contribution in [3.63, 3.8) is 0 Å². The quantitative estimate of drug-likeness (QED) is 0.0660. The van der Waals surface area contributed by atoms with E-state index in [0.717, 1.165) is 28.3 Å². The van der Waals surface area contributed by atoms with E-state index in [1.54, 1.807) is 20.4 Å². The topological polar surface area (TPSA) is 72.0 Å². The first-order valence-corrected chi connectivity index (χ1v) is 12.7. The number of benzene rings is 4. The van der Waals surface area contributed by atoms with Gasteiger partial charge in [0.1, 0.15) is 17.7 Å². The second kappa shape index (κ2) is 13.9. The Morgan fingerprint density at radius 2 is 1.31 bits per heavy atom. The molecule has 0 saturated heterocycles. The molecule has 42 heavy (non-hydrogen) atoms. The number of ether oxygens (including phenoxy) is 2. The summed E-state index contributed by atoms with van der Waals surface area (Å²) in [6, 6.07) is 35.3. The maximum absolute atomic E-state index is 9.75. The first-order valence-electron chi connectivity index (χ1n) is 12.7.